The minimum absolute atomic E-state index is 0.125. The molecule has 0 bridgehead atoms. The van der Waals surface area contributed by atoms with Gasteiger partial charge in [-0.3, -0.25) is 19.3 Å². The van der Waals surface area contributed by atoms with Gasteiger partial charge in [0.1, 0.15) is 0 Å². The Morgan fingerprint density at radius 3 is 2.85 bits per heavy atom. The van der Waals surface area contributed by atoms with Crippen LogP contribution in [0.15, 0.2) is 18.2 Å². The van der Waals surface area contributed by atoms with E-state index in [0.29, 0.717) is 30.4 Å². The van der Waals surface area contributed by atoms with Gasteiger partial charge in [-0.1, -0.05) is 17.7 Å². The number of amides is 2. The van der Waals surface area contributed by atoms with Gasteiger partial charge >= 0.3 is 5.97 Å². The molecule has 3 rings (SSSR count). The van der Waals surface area contributed by atoms with Crippen molar-refractivity contribution in [1.29, 1.82) is 0 Å². The summed E-state index contributed by atoms with van der Waals surface area (Å²) in [5, 5.41) is 0.481. The summed E-state index contributed by atoms with van der Waals surface area (Å²) in [4.78, 5) is 40.8. The molecule has 2 aliphatic heterocycles. The number of esters is 1. The third kappa shape index (κ3) is 3.62. The average Bonchev–Trinajstić information content (AvgIpc) is 2.92. The van der Waals surface area contributed by atoms with E-state index >= 15 is 0 Å². The predicted octanol–water partition coefficient (Wildman–Crippen LogP) is 2.56. The van der Waals surface area contributed by atoms with Gasteiger partial charge < -0.3 is 4.74 Å². The molecular formula is C19H23ClN2O4. The lowest BCUT2D eigenvalue weighted by atomic mass is 9.96. The van der Waals surface area contributed by atoms with Crippen LogP contribution in [-0.4, -0.2) is 48.4 Å². The molecule has 0 aromatic heterocycles. The van der Waals surface area contributed by atoms with Crippen molar-refractivity contribution in [3.8, 4) is 0 Å². The van der Waals surface area contributed by atoms with Gasteiger partial charge in [0, 0.05) is 11.6 Å². The molecule has 140 valence electrons. The Bertz CT molecular complexity index is 736. The number of rotatable bonds is 4. The van der Waals surface area contributed by atoms with Crippen molar-refractivity contribution in [3.63, 3.8) is 0 Å². The topological polar surface area (TPSA) is 66.9 Å². The highest BCUT2D eigenvalue weighted by Crippen LogP contribution is 2.32. The lowest BCUT2D eigenvalue weighted by molar-refractivity contribution is -0.150. The standard InChI is InChI=1S/C19H23ClN2O4/c1-3-26-19(25)13-5-4-8-21(11-13)16-10-17(23)22(18(16)24)15-9-14(20)7-6-12(15)2/h6-7,9,13,16H,3-5,8,10-11H2,1-2H3/t13-,16+/m0/s1. The summed E-state index contributed by atoms with van der Waals surface area (Å²) in [5.41, 5.74) is 1.36. The molecule has 2 saturated heterocycles. The third-order valence-electron chi connectivity index (χ3n) is 5.05. The van der Waals surface area contributed by atoms with E-state index in [2.05, 4.69) is 0 Å². The van der Waals surface area contributed by atoms with Crippen molar-refractivity contribution in [2.75, 3.05) is 24.6 Å². The quantitative estimate of drug-likeness (QED) is 0.595. The van der Waals surface area contributed by atoms with Gasteiger partial charge in [-0.25, -0.2) is 4.90 Å². The number of hydrogen-bond acceptors (Lipinski definition) is 5. The zero-order chi connectivity index (χ0) is 18.8. The maximum absolute atomic E-state index is 13.0. The van der Waals surface area contributed by atoms with Crippen molar-refractivity contribution >= 4 is 35.1 Å². The zero-order valence-electron chi connectivity index (χ0n) is 15.0. The molecule has 0 aliphatic carbocycles. The molecule has 2 atom stereocenters. The molecule has 2 fully saturated rings. The van der Waals surface area contributed by atoms with Crippen LogP contribution in [0.3, 0.4) is 0 Å². The van der Waals surface area contributed by atoms with E-state index in [0.717, 1.165) is 18.4 Å². The van der Waals surface area contributed by atoms with Crippen LogP contribution >= 0.6 is 11.6 Å². The normalized spacial score (nSPS) is 24.2. The number of carbonyl (C=O) groups excluding carboxylic acids is 3. The molecule has 0 unspecified atom stereocenters. The maximum atomic E-state index is 13.0. The maximum Gasteiger partial charge on any atom is 0.310 e. The van der Waals surface area contributed by atoms with E-state index in [1.54, 1.807) is 25.1 Å². The second-order valence-electron chi connectivity index (χ2n) is 6.80. The lowest BCUT2D eigenvalue weighted by Gasteiger charge is -2.34. The Labute approximate surface area is 158 Å². The van der Waals surface area contributed by atoms with Crippen LogP contribution in [-0.2, 0) is 19.1 Å². The number of carbonyl (C=O) groups is 3. The largest absolute Gasteiger partial charge is 0.466 e. The fourth-order valence-electron chi connectivity index (χ4n) is 3.72. The smallest absolute Gasteiger partial charge is 0.310 e. The fourth-order valence-corrected chi connectivity index (χ4v) is 3.89. The van der Waals surface area contributed by atoms with Crippen LogP contribution in [0.1, 0.15) is 31.7 Å². The highest BCUT2D eigenvalue weighted by atomic mass is 35.5. The van der Waals surface area contributed by atoms with Crippen molar-refractivity contribution in [1.82, 2.24) is 4.90 Å². The first-order valence-electron chi connectivity index (χ1n) is 8.96. The number of halogens is 1. The number of piperidine rings is 1. The SMILES string of the molecule is CCOC(=O)[C@H]1CCCN([C@@H]2CC(=O)N(c3cc(Cl)ccc3C)C2=O)C1. The van der Waals surface area contributed by atoms with Crippen LogP contribution in [0.5, 0.6) is 0 Å². The van der Waals surface area contributed by atoms with Crippen LogP contribution < -0.4 is 4.90 Å². The Hall–Kier alpha value is -1.92. The number of hydrogen-bond donors (Lipinski definition) is 0. The number of ether oxygens (including phenoxy) is 1. The number of anilines is 1. The van der Waals surface area contributed by atoms with E-state index in [-0.39, 0.29) is 30.1 Å². The molecular weight excluding hydrogens is 356 g/mol. The molecule has 1 aromatic rings. The number of imide groups is 1. The van der Waals surface area contributed by atoms with E-state index in [9.17, 15) is 14.4 Å². The minimum Gasteiger partial charge on any atom is -0.466 e. The zero-order valence-corrected chi connectivity index (χ0v) is 15.8. The van der Waals surface area contributed by atoms with Gasteiger partial charge in [-0.15, -0.1) is 0 Å². The van der Waals surface area contributed by atoms with E-state index < -0.39 is 6.04 Å². The average molecular weight is 379 g/mol. The number of aryl methyl sites for hydroxylation is 1. The minimum atomic E-state index is -0.530. The molecule has 2 aliphatic rings. The summed E-state index contributed by atoms with van der Waals surface area (Å²) < 4.78 is 5.12. The van der Waals surface area contributed by atoms with E-state index in [1.165, 1.54) is 4.90 Å². The first-order chi connectivity index (χ1) is 12.4. The van der Waals surface area contributed by atoms with Crippen LogP contribution in [0.25, 0.3) is 0 Å². The van der Waals surface area contributed by atoms with Crippen molar-refractivity contribution in [2.24, 2.45) is 5.92 Å². The fraction of sp³-hybridized carbons (Fsp3) is 0.526. The van der Waals surface area contributed by atoms with Crippen molar-refractivity contribution in [3.05, 3.63) is 28.8 Å². The molecule has 0 saturated carbocycles. The third-order valence-corrected chi connectivity index (χ3v) is 5.28. The first-order valence-corrected chi connectivity index (χ1v) is 9.33. The van der Waals surface area contributed by atoms with E-state index in [1.807, 2.05) is 11.8 Å². The van der Waals surface area contributed by atoms with Crippen molar-refractivity contribution in [2.45, 2.75) is 39.2 Å². The van der Waals surface area contributed by atoms with Gasteiger partial charge in [-0.2, -0.15) is 0 Å². The van der Waals surface area contributed by atoms with Gasteiger partial charge in [-0.05, 0) is 50.9 Å². The summed E-state index contributed by atoms with van der Waals surface area (Å²) in [7, 11) is 0. The summed E-state index contributed by atoms with van der Waals surface area (Å²) in [6, 6.07) is 4.64. The molecule has 2 heterocycles. The second-order valence-corrected chi connectivity index (χ2v) is 7.24. The highest BCUT2D eigenvalue weighted by molar-refractivity contribution is 6.31. The molecule has 0 spiro atoms. The molecule has 6 nitrogen and oxygen atoms in total. The molecule has 26 heavy (non-hydrogen) atoms. The Morgan fingerprint density at radius 1 is 1.35 bits per heavy atom. The van der Waals surface area contributed by atoms with Gasteiger partial charge in [0.05, 0.1) is 30.7 Å². The van der Waals surface area contributed by atoms with Gasteiger partial charge in [0.2, 0.25) is 5.91 Å². The summed E-state index contributed by atoms with van der Waals surface area (Å²) in [5.74, 6) is -0.946. The summed E-state index contributed by atoms with van der Waals surface area (Å²) in [6.07, 6.45) is 1.68. The van der Waals surface area contributed by atoms with Crippen LogP contribution in [0.4, 0.5) is 5.69 Å². The Morgan fingerprint density at radius 2 is 2.12 bits per heavy atom. The molecule has 1 aromatic carbocycles. The predicted molar refractivity (Wildman–Crippen MR) is 98.0 cm³/mol. The monoisotopic (exact) mass is 378 g/mol. The molecule has 7 heteroatoms. The summed E-state index contributed by atoms with van der Waals surface area (Å²) >= 11 is 6.05. The van der Waals surface area contributed by atoms with E-state index in [4.69, 9.17) is 16.3 Å². The van der Waals surface area contributed by atoms with Gasteiger partial charge in [0.15, 0.2) is 0 Å². The number of nitrogens with zero attached hydrogens (tertiary/aromatic N) is 2. The highest BCUT2D eigenvalue weighted by Gasteiger charge is 2.44. The van der Waals surface area contributed by atoms with Crippen LogP contribution in [0, 0.1) is 12.8 Å². The van der Waals surface area contributed by atoms with Crippen LogP contribution in [0.2, 0.25) is 5.02 Å². The molecule has 0 radical (unpaired) electrons. The Balaban J connectivity index is 1.78. The lowest BCUT2D eigenvalue weighted by Crippen LogP contribution is -2.48. The number of likely N-dealkylation sites (tertiary alicyclic amines) is 1. The second kappa shape index (κ2) is 7.76. The molecule has 2 amide bonds. The van der Waals surface area contributed by atoms with Crippen molar-refractivity contribution < 1.29 is 19.1 Å². The molecule has 0 N–H and O–H groups in total. The summed E-state index contributed by atoms with van der Waals surface area (Å²) in [6.45, 7) is 5.12. The number of benzene rings is 1. The Kier molecular flexibility index (Phi) is 5.63. The van der Waals surface area contributed by atoms with Gasteiger partial charge in [0.25, 0.3) is 5.91 Å². The first kappa shape index (κ1) is 18.9.